The number of methoxy groups -OCH3 is 1. The van der Waals surface area contributed by atoms with E-state index >= 15 is 0 Å². The van der Waals surface area contributed by atoms with Gasteiger partial charge in [-0.05, 0) is 43.5 Å². The monoisotopic (exact) mass is 279 g/mol. The maximum Gasteiger partial charge on any atom is 0.250 e. The summed E-state index contributed by atoms with van der Waals surface area (Å²) in [4.78, 5) is 11.4. The molecular weight excluding hydrogens is 258 g/mol. The Morgan fingerprint density at radius 3 is 2.65 bits per heavy atom. The fourth-order valence-corrected chi connectivity index (χ4v) is 2.33. The molecule has 2 rings (SSSR count). The van der Waals surface area contributed by atoms with Gasteiger partial charge in [0.25, 0.3) is 0 Å². The minimum Gasteiger partial charge on any atom is -0.488 e. The van der Waals surface area contributed by atoms with Crippen molar-refractivity contribution >= 4 is 11.6 Å². The molecule has 1 saturated carbocycles. The van der Waals surface area contributed by atoms with E-state index in [0.29, 0.717) is 11.4 Å². The van der Waals surface area contributed by atoms with Gasteiger partial charge in [-0.3, -0.25) is 4.79 Å². The molecule has 1 aliphatic carbocycles. The third-order valence-corrected chi connectivity index (χ3v) is 3.37. The molecule has 1 amide bonds. The molecule has 1 aromatic rings. The van der Waals surface area contributed by atoms with Gasteiger partial charge in [-0.2, -0.15) is 0 Å². The quantitative estimate of drug-likeness (QED) is 0.864. The summed E-state index contributed by atoms with van der Waals surface area (Å²) in [5, 5.41) is 12.6. The largest absolute Gasteiger partial charge is 0.488 e. The molecular formula is C15H21NO4. The van der Waals surface area contributed by atoms with Gasteiger partial charge in [0.2, 0.25) is 5.91 Å². The fourth-order valence-electron chi connectivity index (χ4n) is 2.33. The molecule has 5 nitrogen and oxygen atoms in total. The molecule has 0 aliphatic heterocycles. The van der Waals surface area contributed by atoms with Gasteiger partial charge in [0.15, 0.2) is 0 Å². The Morgan fingerprint density at radius 2 is 2.00 bits per heavy atom. The van der Waals surface area contributed by atoms with Crippen molar-refractivity contribution in [1.82, 2.24) is 0 Å². The van der Waals surface area contributed by atoms with E-state index < -0.39 is 0 Å². The molecule has 2 N–H and O–H groups in total. The van der Waals surface area contributed by atoms with Gasteiger partial charge in [0.05, 0.1) is 6.10 Å². The van der Waals surface area contributed by atoms with Gasteiger partial charge in [-0.1, -0.05) is 6.42 Å². The van der Waals surface area contributed by atoms with Crippen molar-refractivity contribution in [2.45, 2.75) is 37.9 Å². The molecule has 0 aromatic heterocycles. The molecule has 2 atom stereocenters. The van der Waals surface area contributed by atoms with Gasteiger partial charge in [-0.25, -0.2) is 0 Å². The average Bonchev–Trinajstić information content (AvgIpc) is 2.44. The van der Waals surface area contributed by atoms with Crippen molar-refractivity contribution in [2.75, 3.05) is 19.0 Å². The zero-order valence-electron chi connectivity index (χ0n) is 11.7. The average molecular weight is 279 g/mol. The molecule has 20 heavy (non-hydrogen) atoms. The van der Waals surface area contributed by atoms with Crippen LogP contribution >= 0.6 is 0 Å². The molecule has 110 valence electrons. The lowest BCUT2D eigenvalue weighted by Gasteiger charge is -2.28. The minimum absolute atomic E-state index is 0.0342. The lowest BCUT2D eigenvalue weighted by atomic mass is 9.95. The third-order valence-electron chi connectivity index (χ3n) is 3.37. The number of benzene rings is 1. The number of hydrogen-bond acceptors (Lipinski definition) is 4. The van der Waals surface area contributed by atoms with Gasteiger partial charge in [-0.15, -0.1) is 0 Å². The molecule has 0 radical (unpaired) electrons. The molecule has 0 heterocycles. The number of hydrogen-bond donors (Lipinski definition) is 2. The number of amides is 1. The zero-order chi connectivity index (χ0) is 14.4. The first kappa shape index (κ1) is 14.8. The predicted octanol–water partition coefficient (Wildman–Crippen LogP) is 1.95. The number of carbonyl (C=O) groups is 1. The van der Waals surface area contributed by atoms with Crippen LogP contribution < -0.4 is 10.1 Å². The van der Waals surface area contributed by atoms with Crippen molar-refractivity contribution in [1.29, 1.82) is 0 Å². The van der Waals surface area contributed by atoms with E-state index in [2.05, 4.69) is 5.32 Å². The summed E-state index contributed by atoms with van der Waals surface area (Å²) in [7, 11) is 1.48. The standard InChI is InChI=1S/C15H21NO4/c1-19-10-15(18)16-11-6-8-12(9-7-11)20-14-5-3-2-4-13(14)17/h6-9,13-14,17H,2-5,10H2,1H3,(H,16,18)/t13-,14+/m0/s1. The maximum atomic E-state index is 11.4. The van der Waals surface area contributed by atoms with E-state index in [4.69, 9.17) is 9.47 Å². The van der Waals surface area contributed by atoms with E-state index in [9.17, 15) is 9.90 Å². The highest BCUT2D eigenvalue weighted by Crippen LogP contribution is 2.24. The Bertz CT molecular complexity index is 432. The summed E-state index contributed by atoms with van der Waals surface area (Å²) in [6, 6.07) is 7.14. The highest BCUT2D eigenvalue weighted by molar-refractivity contribution is 5.91. The molecule has 5 heteroatoms. The van der Waals surface area contributed by atoms with Crippen LogP contribution in [0, 0.1) is 0 Å². The van der Waals surface area contributed by atoms with Gasteiger partial charge in [0.1, 0.15) is 18.5 Å². The maximum absolute atomic E-state index is 11.4. The normalized spacial score (nSPS) is 22.3. The second kappa shape index (κ2) is 7.26. The van der Waals surface area contributed by atoms with Crippen molar-refractivity contribution in [2.24, 2.45) is 0 Å². The number of nitrogens with one attached hydrogen (secondary N) is 1. The lowest BCUT2D eigenvalue weighted by Crippen LogP contribution is -2.34. The Kier molecular flexibility index (Phi) is 5.38. The second-order valence-electron chi connectivity index (χ2n) is 5.01. The molecule has 0 unspecified atom stereocenters. The smallest absolute Gasteiger partial charge is 0.250 e. The van der Waals surface area contributed by atoms with Crippen LogP contribution in [0.25, 0.3) is 0 Å². The van der Waals surface area contributed by atoms with E-state index in [-0.39, 0.29) is 24.7 Å². The first-order valence-electron chi connectivity index (χ1n) is 6.92. The van der Waals surface area contributed by atoms with Crippen LogP contribution in [-0.4, -0.2) is 36.9 Å². The van der Waals surface area contributed by atoms with Crippen LogP contribution in [0.5, 0.6) is 5.75 Å². The molecule has 0 saturated heterocycles. The Hall–Kier alpha value is -1.59. The van der Waals surface area contributed by atoms with Crippen LogP contribution in [0.1, 0.15) is 25.7 Å². The summed E-state index contributed by atoms with van der Waals surface area (Å²) in [5.74, 6) is 0.518. The summed E-state index contributed by atoms with van der Waals surface area (Å²) < 4.78 is 10.5. The third kappa shape index (κ3) is 4.21. The van der Waals surface area contributed by atoms with Gasteiger partial charge >= 0.3 is 0 Å². The van der Waals surface area contributed by atoms with Crippen molar-refractivity contribution in [3.8, 4) is 5.75 Å². The number of rotatable bonds is 5. The Balaban J connectivity index is 1.89. The van der Waals surface area contributed by atoms with Crippen LogP contribution in [0.4, 0.5) is 5.69 Å². The summed E-state index contributed by atoms with van der Waals surface area (Å²) in [6.07, 6.45) is 3.32. The molecule has 0 spiro atoms. The van der Waals surface area contributed by atoms with Crippen molar-refractivity contribution in [3.63, 3.8) is 0 Å². The predicted molar refractivity (Wildman–Crippen MR) is 75.8 cm³/mol. The molecule has 1 aliphatic rings. The Labute approximate surface area is 118 Å². The summed E-state index contributed by atoms with van der Waals surface area (Å²) >= 11 is 0. The van der Waals surface area contributed by atoms with Crippen molar-refractivity contribution < 1.29 is 19.4 Å². The number of carbonyl (C=O) groups excluding carboxylic acids is 1. The van der Waals surface area contributed by atoms with Gasteiger partial charge < -0.3 is 19.9 Å². The first-order valence-corrected chi connectivity index (χ1v) is 6.92. The zero-order valence-corrected chi connectivity index (χ0v) is 11.7. The van der Waals surface area contributed by atoms with Crippen LogP contribution in [0.3, 0.4) is 0 Å². The van der Waals surface area contributed by atoms with Crippen LogP contribution in [0.2, 0.25) is 0 Å². The van der Waals surface area contributed by atoms with E-state index in [1.165, 1.54) is 7.11 Å². The highest BCUT2D eigenvalue weighted by atomic mass is 16.5. The van der Waals surface area contributed by atoms with Gasteiger partial charge in [0, 0.05) is 12.8 Å². The fraction of sp³-hybridized carbons (Fsp3) is 0.533. The number of aliphatic hydroxyl groups is 1. The SMILES string of the molecule is COCC(=O)Nc1ccc(O[C@@H]2CCCC[C@@H]2O)cc1. The molecule has 1 fully saturated rings. The van der Waals surface area contributed by atoms with Crippen LogP contribution in [-0.2, 0) is 9.53 Å². The number of aliphatic hydroxyl groups excluding tert-OH is 1. The first-order chi connectivity index (χ1) is 9.69. The molecule has 0 bridgehead atoms. The lowest BCUT2D eigenvalue weighted by molar-refractivity contribution is -0.119. The van der Waals surface area contributed by atoms with E-state index in [1.807, 2.05) is 0 Å². The van der Waals surface area contributed by atoms with Crippen molar-refractivity contribution in [3.05, 3.63) is 24.3 Å². The van der Waals surface area contributed by atoms with Crippen LogP contribution in [0.15, 0.2) is 24.3 Å². The number of ether oxygens (including phenoxy) is 2. The summed E-state index contributed by atoms with van der Waals surface area (Å²) in [6.45, 7) is 0.0342. The van der Waals surface area contributed by atoms with E-state index in [0.717, 1.165) is 25.7 Å². The topological polar surface area (TPSA) is 67.8 Å². The highest BCUT2D eigenvalue weighted by Gasteiger charge is 2.24. The molecule has 1 aromatic carbocycles. The Morgan fingerprint density at radius 1 is 1.30 bits per heavy atom. The summed E-state index contributed by atoms with van der Waals surface area (Å²) in [5.41, 5.74) is 0.698. The second-order valence-corrected chi connectivity index (χ2v) is 5.01. The number of anilines is 1. The minimum atomic E-state index is -0.384. The van der Waals surface area contributed by atoms with E-state index in [1.54, 1.807) is 24.3 Å².